The summed E-state index contributed by atoms with van der Waals surface area (Å²) in [6.07, 6.45) is 3.45. The number of nitrogens with zero attached hydrogens (tertiary/aromatic N) is 2. The standard InChI is InChI=1S/C22H16IN3O/c1-14-12-16(23)6-7-19(14)26-22(27)18-13-21(15-8-10-24-11-9-15)25-20-5-3-2-4-17(18)20/h2-13H,1H3,(H,26,27). The van der Waals surface area contributed by atoms with Gasteiger partial charge < -0.3 is 5.32 Å². The summed E-state index contributed by atoms with van der Waals surface area (Å²) in [5, 5.41) is 3.87. The highest BCUT2D eigenvalue weighted by molar-refractivity contribution is 14.1. The van der Waals surface area contributed by atoms with Crippen LogP contribution in [0.1, 0.15) is 15.9 Å². The third-order valence-corrected chi connectivity index (χ3v) is 5.04. The van der Waals surface area contributed by atoms with Gasteiger partial charge in [0.05, 0.1) is 16.8 Å². The Morgan fingerprint density at radius 2 is 1.78 bits per heavy atom. The molecule has 0 saturated heterocycles. The molecule has 0 atom stereocenters. The fraction of sp³-hybridized carbons (Fsp3) is 0.0455. The van der Waals surface area contributed by atoms with Crippen molar-refractivity contribution in [2.75, 3.05) is 5.32 Å². The summed E-state index contributed by atoms with van der Waals surface area (Å²) in [5.41, 5.74) is 4.91. The Morgan fingerprint density at radius 3 is 2.56 bits per heavy atom. The number of halogens is 1. The maximum Gasteiger partial charge on any atom is 0.256 e. The van der Waals surface area contributed by atoms with E-state index >= 15 is 0 Å². The lowest BCUT2D eigenvalue weighted by Crippen LogP contribution is -2.14. The largest absolute Gasteiger partial charge is 0.322 e. The average molecular weight is 465 g/mol. The number of hydrogen-bond acceptors (Lipinski definition) is 3. The fourth-order valence-corrected chi connectivity index (χ4v) is 3.64. The lowest BCUT2D eigenvalue weighted by Gasteiger charge is -2.12. The van der Waals surface area contributed by atoms with Gasteiger partial charge in [0, 0.05) is 32.6 Å². The predicted molar refractivity (Wildman–Crippen MR) is 117 cm³/mol. The Morgan fingerprint density at radius 1 is 1.00 bits per heavy atom. The minimum atomic E-state index is -0.145. The molecule has 0 saturated carbocycles. The number of para-hydroxylation sites is 1. The lowest BCUT2D eigenvalue weighted by molar-refractivity contribution is 0.102. The zero-order chi connectivity index (χ0) is 18.8. The molecule has 2 heterocycles. The van der Waals surface area contributed by atoms with Gasteiger partial charge in [0.25, 0.3) is 5.91 Å². The van der Waals surface area contributed by atoms with E-state index < -0.39 is 0 Å². The van der Waals surface area contributed by atoms with Gasteiger partial charge in [0.2, 0.25) is 0 Å². The molecule has 2 aromatic carbocycles. The molecule has 0 aliphatic carbocycles. The van der Waals surface area contributed by atoms with Crippen molar-refractivity contribution in [3.8, 4) is 11.3 Å². The quantitative estimate of drug-likeness (QED) is 0.409. The summed E-state index contributed by atoms with van der Waals surface area (Å²) in [6, 6.07) is 19.3. The second kappa shape index (κ2) is 7.44. The molecule has 0 aliphatic rings. The first-order valence-corrected chi connectivity index (χ1v) is 9.57. The van der Waals surface area contributed by atoms with Crippen LogP contribution in [0.4, 0.5) is 5.69 Å². The zero-order valence-electron chi connectivity index (χ0n) is 14.6. The normalized spacial score (nSPS) is 10.7. The molecule has 0 spiro atoms. The van der Waals surface area contributed by atoms with E-state index in [2.05, 4.69) is 32.9 Å². The van der Waals surface area contributed by atoms with Gasteiger partial charge in [-0.05, 0) is 77.5 Å². The Bertz CT molecular complexity index is 1140. The van der Waals surface area contributed by atoms with Gasteiger partial charge in [0.15, 0.2) is 0 Å². The number of aromatic nitrogens is 2. The molecule has 1 amide bonds. The van der Waals surface area contributed by atoms with Gasteiger partial charge in [-0.2, -0.15) is 0 Å². The number of carbonyl (C=O) groups is 1. The molecule has 27 heavy (non-hydrogen) atoms. The molecule has 0 aliphatic heterocycles. The van der Waals surface area contributed by atoms with Crippen molar-refractivity contribution in [2.24, 2.45) is 0 Å². The molecule has 5 heteroatoms. The first-order valence-electron chi connectivity index (χ1n) is 8.49. The van der Waals surface area contributed by atoms with Crippen LogP contribution in [0.5, 0.6) is 0 Å². The van der Waals surface area contributed by atoms with E-state index in [0.717, 1.165) is 37.0 Å². The molecular weight excluding hydrogens is 449 g/mol. The molecule has 4 nitrogen and oxygen atoms in total. The summed E-state index contributed by atoms with van der Waals surface area (Å²) in [5.74, 6) is -0.145. The van der Waals surface area contributed by atoms with Crippen LogP contribution in [0.3, 0.4) is 0 Å². The SMILES string of the molecule is Cc1cc(I)ccc1NC(=O)c1cc(-c2ccncc2)nc2ccccc12. The van der Waals surface area contributed by atoms with Crippen LogP contribution >= 0.6 is 22.6 Å². The van der Waals surface area contributed by atoms with Crippen molar-refractivity contribution in [3.63, 3.8) is 0 Å². The van der Waals surface area contributed by atoms with Crippen LogP contribution < -0.4 is 5.32 Å². The molecular formula is C22H16IN3O. The maximum absolute atomic E-state index is 13.1. The number of pyridine rings is 2. The highest BCUT2D eigenvalue weighted by atomic mass is 127. The number of anilines is 1. The number of hydrogen-bond donors (Lipinski definition) is 1. The van der Waals surface area contributed by atoms with Crippen LogP contribution in [-0.4, -0.2) is 15.9 Å². The van der Waals surface area contributed by atoms with Crippen LogP contribution in [0.25, 0.3) is 22.2 Å². The Labute approximate surface area is 170 Å². The smallest absolute Gasteiger partial charge is 0.256 e. The van der Waals surface area contributed by atoms with E-state index in [1.54, 1.807) is 12.4 Å². The summed E-state index contributed by atoms with van der Waals surface area (Å²) >= 11 is 2.26. The fourth-order valence-electron chi connectivity index (χ4n) is 2.99. The van der Waals surface area contributed by atoms with E-state index in [4.69, 9.17) is 4.98 Å². The maximum atomic E-state index is 13.1. The van der Waals surface area contributed by atoms with Crippen molar-refractivity contribution < 1.29 is 4.79 Å². The summed E-state index contributed by atoms with van der Waals surface area (Å²) in [6.45, 7) is 1.99. The monoisotopic (exact) mass is 465 g/mol. The minimum Gasteiger partial charge on any atom is -0.322 e. The lowest BCUT2D eigenvalue weighted by atomic mass is 10.0. The van der Waals surface area contributed by atoms with E-state index in [0.29, 0.717) is 5.56 Å². The molecule has 0 bridgehead atoms. The zero-order valence-corrected chi connectivity index (χ0v) is 16.8. The number of rotatable bonds is 3. The van der Waals surface area contributed by atoms with Gasteiger partial charge >= 0.3 is 0 Å². The van der Waals surface area contributed by atoms with Crippen molar-refractivity contribution >= 4 is 45.1 Å². The number of fused-ring (bicyclic) bond motifs is 1. The Balaban J connectivity index is 1.81. The molecule has 4 rings (SSSR count). The van der Waals surface area contributed by atoms with E-state index in [-0.39, 0.29) is 5.91 Å². The first-order chi connectivity index (χ1) is 13.1. The Hall–Kier alpha value is -2.80. The number of nitrogens with one attached hydrogen (secondary N) is 1. The van der Waals surface area contributed by atoms with Gasteiger partial charge in [-0.25, -0.2) is 4.98 Å². The van der Waals surface area contributed by atoms with Gasteiger partial charge in [-0.15, -0.1) is 0 Å². The van der Waals surface area contributed by atoms with Gasteiger partial charge in [-0.1, -0.05) is 18.2 Å². The van der Waals surface area contributed by atoms with Crippen LogP contribution in [-0.2, 0) is 0 Å². The molecule has 0 unspecified atom stereocenters. The molecule has 132 valence electrons. The van der Waals surface area contributed by atoms with E-state index in [9.17, 15) is 4.79 Å². The van der Waals surface area contributed by atoms with Crippen LogP contribution in [0.2, 0.25) is 0 Å². The minimum absolute atomic E-state index is 0.145. The predicted octanol–water partition coefficient (Wildman–Crippen LogP) is 5.46. The van der Waals surface area contributed by atoms with Crippen molar-refractivity contribution in [2.45, 2.75) is 6.92 Å². The summed E-state index contributed by atoms with van der Waals surface area (Å²) in [4.78, 5) is 21.9. The number of benzene rings is 2. The van der Waals surface area contributed by atoms with Gasteiger partial charge in [-0.3, -0.25) is 9.78 Å². The third-order valence-electron chi connectivity index (χ3n) is 4.37. The second-order valence-corrected chi connectivity index (χ2v) is 7.47. The number of aryl methyl sites for hydroxylation is 1. The molecule has 2 aromatic heterocycles. The van der Waals surface area contributed by atoms with Crippen molar-refractivity contribution in [1.29, 1.82) is 0 Å². The third kappa shape index (κ3) is 3.68. The summed E-state index contributed by atoms with van der Waals surface area (Å²) < 4.78 is 1.14. The number of amides is 1. The van der Waals surface area contributed by atoms with Crippen molar-refractivity contribution in [3.05, 3.63) is 87.8 Å². The topological polar surface area (TPSA) is 54.9 Å². The highest BCUT2D eigenvalue weighted by Gasteiger charge is 2.15. The van der Waals surface area contributed by atoms with E-state index in [1.165, 1.54) is 0 Å². The first kappa shape index (κ1) is 17.6. The molecule has 1 N–H and O–H groups in total. The van der Waals surface area contributed by atoms with Gasteiger partial charge in [0.1, 0.15) is 0 Å². The molecule has 0 fully saturated rings. The average Bonchev–Trinajstić information content (AvgIpc) is 2.70. The molecule has 4 aromatic rings. The van der Waals surface area contributed by atoms with Crippen molar-refractivity contribution in [1.82, 2.24) is 9.97 Å². The van der Waals surface area contributed by atoms with Crippen LogP contribution in [0.15, 0.2) is 73.1 Å². The number of carbonyl (C=O) groups excluding carboxylic acids is 1. The molecule has 0 radical (unpaired) electrons. The van der Waals surface area contributed by atoms with Crippen LogP contribution in [0, 0.1) is 10.5 Å². The summed E-state index contributed by atoms with van der Waals surface area (Å²) in [7, 11) is 0. The Kier molecular flexibility index (Phi) is 4.85. The highest BCUT2D eigenvalue weighted by Crippen LogP contribution is 2.26. The second-order valence-electron chi connectivity index (χ2n) is 6.22. The van der Waals surface area contributed by atoms with E-state index in [1.807, 2.05) is 67.6 Å².